The first-order chi connectivity index (χ1) is 11.1. The number of nitrogens with zero attached hydrogens (tertiary/aromatic N) is 4. The summed E-state index contributed by atoms with van der Waals surface area (Å²) in [5.74, 6) is 0. The van der Waals surface area contributed by atoms with Gasteiger partial charge in [0, 0.05) is 17.8 Å². The van der Waals surface area contributed by atoms with Crippen LogP contribution in [0.5, 0.6) is 0 Å². The number of aromatic nitrogens is 4. The lowest BCUT2D eigenvalue weighted by Gasteiger charge is -2.11. The molecular formula is C18H16N4O. The van der Waals surface area contributed by atoms with Gasteiger partial charge < -0.3 is 0 Å². The molecule has 4 rings (SSSR count). The second-order valence-corrected chi connectivity index (χ2v) is 5.83. The maximum Gasteiger partial charge on any atom is 0.267 e. The first-order valence-corrected chi connectivity index (χ1v) is 7.61. The highest BCUT2D eigenvalue weighted by molar-refractivity contribution is 5.93. The van der Waals surface area contributed by atoms with Crippen LogP contribution in [0.25, 0.3) is 22.3 Å². The summed E-state index contributed by atoms with van der Waals surface area (Å²) >= 11 is 0. The van der Waals surface area contributed by atoms with Gasteiger partial charge in [-0.3, -0.25) is 4.79 Å². The van der Waals surface area contributed by atoms with Crippen molar-refractivity contribution in [3.05, 3.63) is 70.8 Å². The van der Waals surface area contributed by atoms with Gasteiger partial charge in [0.15, 0.2) is 0 Å². The number of fused-ring (bicyclic) bond motifs is 1. The highest BCUT2D eigenvalue weighted by Crippen LogP contribution is 2.33. The Morgan fingerprint density at radius 1 is 1.09 bits per heavy atom. The van der Waals surface area contributed by atoms with Gasteiger partial charge >= 0.3 is 0 Å². The van der Waals surface area contributed by atoms with E-state index in [-0.39, 0.29) is 11.6 Å². The van der Waals surface area contributed by atoms with Gasteiger partial charge in [-0.2, -0.15) is 10.2 Å². The summed E-state index contributed by atoms with van der Waals surface area (Å²) < 4.78 is 3.36. The van der Waals surface area contributed by atoms with Crippen LogP contribution in [0, 0.1) is 0 Å². The maximum absolute atomic E-state index is 12.0. The van der Waals surface area contributed by atoms with Crippen LogP contribution >= 0.6 is 0 Å². The quantitative estimate of drug-likeness (QED) is 0.747. The van der Waals surface area contributed by atoms with Crippen molar-refractivity contribution in [2.24, 2.45) is 0 Å². The molecule has 0 N–H and O–H groups in total. The summed E-state index contributed by atoms with van der Waals surface area (Å²) in [6.07, 6.45) is 7.98. The zero-order chi connectivity index (χ0) is 16.0. The molecule has 1 aliphatic carbocycles. The average Bonchev–Trinajstić information content (AvgIpc) is 2.84. The molecule has 0 spiro atoms. The normalized spacial score (nSPS) is 13.4. The molecular weight excluding hydrogens is 288 g/mol. The molecule has 0 saturated heterocycles. The second-order valence-electron chi connectivity index (χ2n) is 5.83. The second kappa shape index (κ2) is 5.05. The van der Waals surface area contributed by atoms with Gasteiger partial charge in [-0.25, -0.2) is 9.20 Å². The number of allylic oxidation sites excluding steroid dienone is 4. The fourth-order valence-corrected chi connectivity index (χ4v) is 2.73. The third-order valence-corrected chi connectivity index (χ3v) is 3.94. The minimum absolute atomic E-state index is 0.00977. The van der Waals surface area contributed by atoms with Crippen molar-refractivity contribution in [2.45, 2.75) is 19.9 Å². The topological polar surface area (TPSA) is 52.2 Å². The van der Waals surface area contributed by atoms with Gasteiger partial charge in [0.05, 0.1) is 22.8 Å². The summed E-state index contributed by atoms with van der Waals surface area (Å²) in [5.41, 5.74) is 4.56. The predicted molar refractivity (Wildman–Crippen MR) is 90.2 cm³/mol. The van der Waals surface area contributed by atoms with Crippen molar-refractivity contribution >= 4 is 11.1 Å². The molecule has 0 aliphatic heterocycles. The van der Waals surface area contributed by atoms with E-state index >= 15 is 0 Å². The van der Waals surface area contributed by atoms with E-state index in [2.05, 4.69) is 10.2 Å². The van der Waals surface area contributed by atoms with Crippen molar-refractivity contribution in [3.63, 3.8) is 0 Å². The Bertz CT molecular complexity index is 1020. The van der Waals surface area contributed by atoms with E-state index in [4.69, 9.17) is 0 Å². The van der Waals surface area contributed by atoms with Gasteiger partial charge in [0.1, 0.15) is 5.69 Å². The lowest BCUT2D eigenvalue weighted by Crippen LogP contribution is -2.24. The first kappa shape index (κ1) is 13.7. The van der Waals surface area contributed by atoms with Crippen molar-refractivity contribution < 1.29 is 0 Å². The molecule has 5 heteroatoms. The summed E-state index contributed by atoms with van der Waals surface area (Å²) in [5, 5.41) is 9.24. The summed E-state index contributed by atoms with van der Waals surface area (Å²) in [7, 11) is 0. The Balaban J connectivity index is 2.01. The molecule has 0 fully saturated rings. The Hall–Kier alpha value is -2.95. The smallest absolute Gasteiger partial charge is 0.267 e. The standard InChI is InChI=1S/C18H16N4O/c1-12(2)22-16(23)10-9-14(19-22)17-15-8-3-4-11-21(15)20-18(17)13-6-5-7-13/h3-12H,1-2H3. The lowest BCUT2D eigenvalue weighted by molar-refractivity contribution is 0.505. The molecule has 0 aromatic carbocycles. The number of pyridine rings is 1. The molecule has 0 atom stereocenters. The molecule has 3 aromatic heterocycles. The Kier molecular flexibility index (Phi) is 3.01. The van der Waals surface area contributed by atoms with Gasteiger partial charge in [-0.15, -0.1) is 0 Å². The molecule has 23 heavy (non-hydrogen) atoms. The maximum atomic E-state index is 12.0. The minimum Gasteiger partial charge on any atom is -0.268 e. The molecule has 1 aliphatic rings. The molecule has 0 saturated carbocycles. The number of rotatable bonds is 3. The zero-order valence-corrected chi connectivity index (χ0v) is 13.0. The van der Waals surface area contributed by atoms with Crippen molar-refractivity contribution in [2.75, 3.05) is 0 Å². The monoisotopic (exact) mass is 304 g/mol. The van der Waals surface area contributed by atoms with E-state index in [1.54, 1.807) is 12.1 Å². The van der Waals surface area contributed by atoms with Crippen molar-refractivity contribution in [1.29, 1.82) is 0 Å². The van der Waals surface area contributed by atoms with Crippen LogP contribution < -0.4 is 5.56 Å². The Labute approximate surface area is 133 Å². The average molecular weight is 304 g/mol. The molecule has 0 unspecified atom stereocenters. The summed E-state index contributed by atoms with van der Waals surface area (Å²) in [4.78, 5) is 12.0. The van der Waals surface area contributed by atoms with E-state index in [1.165, 1.54) is 4.68 Å². The van der Waals surface area contributed by atoms with Crippen LogP contribution in [0.15, 0.2) is 59.6 Å². The number of hydrogen-bond acceptors (Lipinski definition) is 3. The fraction of sp³-hybridized carbons (Fsp3) is 0.167. The van der Waals surface area contributed by atoms with Crippen LogP contribution in [-0.2, 0) is 0 Å². The van der Waals surface area contributed by atoms with Crippen LogP contribution in [0.2, 0.25) is 0 Å². The zero-order valence-electron chi connectivity index (χ0n) is 13.0. The van der Waals surface area contributed by atoms with Crippen LogP contribution in [0.4, 0.5) is 0 Å². The summed E-state index contributed by atoms with van der Waals surface area (Å²) in [6, 6.07) is 9.30. The molecule has 114 valence electrons. The molecule has 0 bridgehead atoms. The molecule has 3 aromatic rings. The molecule has 5 nitrogen and oxygen atoms in total. The SMILES string of the molecule is CC(C)n1nc(-c2c(C3=CC=C3)nn3ccccc23)ccc1=O. The van der Waals surface area contributed by atoms with Gasteiger partial charge in [0.2, 0.25) is 0 Å². The van der Waals surface area contributed by atoms with Gasteiger partial charge in [-0.05, 0) is 32.0 Å². The highest BCUT2D eigenvalue weighted by Gasteiger charge is 2.20. The van der Waals surface area contributed by atoms with E-state index in [1.807, 2.05) is 61.0 Å². The van der Waals surface area contributed by atoms with Crippen molar-refractivity contribution in [3.8, 4) is 11.3 Å². The third kappa shape index (κ3) is 2.12. The Morgan fingerprint density at radius 2 is 1.91 bits per heavy atom. The molecule has 3 heterocycles. The predicted octanol–water partition coefficient (Wildman–Crippen LogP) is 3.09. The molecule has 0 radical (unpaired) electrons. The van der Waals surface area contributed by atoms with E-state index in [0.717, 1.165) is 28.0 Å². The lowest BCUT2D eigenvalue weighted by atomic mass is 9.99. The van der Waals surface area contributed by atoms with Crippen LogP contribution in [-0.4, -0.2) is 19.4 Å². The van der Waals surface area contributed by atoms with Gasteiger partial charge in [0.25, 0.3) is 5.56 Å². The summed E-state index contributed by atoms with van der Waals surface area (Å²) in [6.45, 7) is 3.90. The minimum atomic E-state index is -0.0930. The Morgan fingerprint density at radius 3 is 2.61 bits per heavy atom. The van der Waals surface area contributed by atoms with E-state index < -0.39 is 0 Å². The highest BCUT2D eigenvalue weighted by atomic mass is 16.1. The van der Waals surface area contributed by atoms with E-state index in [9.17, 15) is 4.79 Å². The van der Waals surface area contributed by atoms with Crippen LogP contribution in [0.1, 0.15) is 25.6 Å². The molecule has 0 amide bonds. The van der Waals surface area contributed by atoms with E-state index in [0.29, 0.717) is 0 Å². The first-order valence-electron chi connectivity index (χ1n) is 7.61. The largest absolute Gasteiger partial charge is 0.268 e. The number of hydrogen-bond donors (Lipinski definition) is 0. The van der Waals surface area contributed by atoms with Crippen molar-refractivity contribution in [1.82, 2.24) is 19.4 Å². The van der Waals surface area contributed by atoms with Gasteiger partial charge in [-0.1, -0.05) is 24.3 Å². The van der Waals surface area contributed by atoms with Crippen LogP contribution in [0.3, 0.4) is 0 Å². The fourth-order valence-electron chi connectivity index (χ4n) is 2.73. The third-order valence-electron chi connectivity index (χ3n) is 3.94.